The van der Waals surface area contributed by atoms with Gasteiger partial charge in [0.15, 0.2) is 0 Å². The Morgan fingerprint density at radius 2 is 1.89 bits per heavy atom. The Morgan fingerprint density at radius 1 is 1.11 bits per heavy atom. The molecule has 0 spiro atoms. The summed E-state index contributed by atoms with van der Waals surface area (Å²) in [6.45, 7) is 0.656. The van der Waals surface area contributed by atoms with Gasteiger partial charge in [-0.15, -0.1) is 0 Å². The normalized spacial score (nSPS) is 10.6. The molecule has 1 nitrogen and oxygen atoms in total. The lowest BCUT2D eigenvalue weighted by Crippen LogP contribution is -2.01. The number of benzene rings is 2. The molecule has 2 aromatic carbocycles. The monoisotopic (exact) mass is 263 g/mol. The van der Waals surface area contributed by atoms with Crippen molar-refractivity contribution in [3.05, 3.63) is 58.9 Å². The zero-order valence-electron chi connectivity index (χ0n) is 10.00. The standard InChI is InChI=1S/C15H15ClFN/c16-14-8-7-12(10-15(14)17)13-6-2-1-4-11(13)5-3-9-18/h1-2,4,6-8,10H,3,5,9,18H2. The summed E-state index contributed by atoms with van der Waals surface area (Å²) in [5.74, 6) is -0.386. The van der Waals surface area contributed by atoms with Crippen LogP contribution in [0.3, 0.4) is 0 Å². The molecule has 94 valence electrons. The van der Waals surface area contributed by atoms with E-state index in [2.05, 4.69) is 6.07 Å². The third kappa shape index (κ3) is 2.89. The van der Waals surface area contributed by atoms with Gasteiger partial charge in [-0.25, -0.2) is 4.39 Å². The molecule has 0 bridgehead atoms. The van der Waals surface area contributed by atoms with Crippen molar-refractivity contribution in [2.45, 2.75) is 12.8 Å². The van der Waals surface area contributed by atoms with Gasteiger partial charge in [0.1, 0.15) is 5.82 Å². The minimum absolute atomic E-state index is 0.151. The fourth-order valence-electron chi connectivity index (χ4n) is 1.98. The number of hydrogen-bond donors (Lipinski definition) is 1. The van der Waals surface area contributed by atoms with E-state index in [-0.39, 0.29) is 10.8 Å². The van der Waals surface area contributed by atoms with E-state index in [1.54, 1.807) is 6.07 Å². The Bertz CT molecular complexity index is 540. The fraction of sp³-hybridized carbons (Fsp3) is 0.200. The van der Waals surface area contributed by atoms with Gasteiger partial charge in [0.2, 0.25) is 0 Å². The summed E-state index contributed by atoms with van der Waals surface area (Å²) in [6, 6.07) is 12.9. The Balaban J connectivity index is 2.39. The minimum Gasteiger partial charge on any atom is -0.330 e. The number of nitrogens with two attached hydrogens (primary N) is 1. The maximum atomic E-state index is 13.5. The molecule has 2 aromatic rings. The summed E-state index contributed by atoms with van der Waals surface area (Å²) in [5, 5.41) is 0.151. The maximum Gasteiger partial charge on any atom is 0.142 e. The molecule has 0 aliphatic carbocycles. The van der Waals surface area contributed by atoms with Crippen LogP contribution in [0.5, 0.6) is 0 Å². The van der Waals surface area contributed by atoms with Crippen molar-refractivity contribution in [1.29, 1.82) is 0 Å². The molecule has 0 saturated carbocycles. The number of hydrogen-bond acceptors (Lipinski definition) is 1. The van der Waals surface area contributed by atoms with Crippen LogP contribution in [-0.2, 0) is 6.42 Å². The summed E-state index contributed by atoms with van der Waals surface area (Å²) in [6.07, 6.45) is 1.82. The zero-order valence-corrected chi connectivity index (χ0v) is 10.8. The molecule has 0 heterocycles. The highest BCUT2D eigenvalue weighted by Crippen LogP contribution is 2.27. The van der Waals surface area contributed by atoms with Crippen LogP contribution in [0, 0.1) is 5.82 Å². The van der Waals surface area contributed by atoms with Crippen LogP contribution in [0.2, 0.25) is 5.02 Å². The van der Waals surface area contributed by atoms with Gasteiger partial charge in [0, 0.05) is 0 Å². The molecule has 2 rings (SSSR count). The SMILES string of the molecule is NCCCc1ccccc1-c1ccc(Cl)c(F)c1. The molecule has 0 aliphatic rings. The first-order valence-electron chi connectivity index (χ1n) is 5.96. The van der Waals surface area contributed by atoms with Crippen molar-refractivity contribution >= 4 is 11.6 Å². The summed E-state index contributed by atoms with van der Waals surface area (Å²) >= 11 is 5.70. The van der Waals surface area contributed by atoms with E-state index >= 15 is 0 Å². The minimum atomic E-state index is -0.386. The first kappa shape index (κ1) is 13.1. The largest absolute Gasteiger partial charge is 0.330 e. The van der Waals surface area contributed by atoms with Gasteiger partial charge in [-0.05, 0) is 48.2 Å². The molecule has 2 N–H and O–H groups in total. The van der Waals surface area contributed by atoms with Crippen LogP contribution in [0.4, 0.5) is 4.39 Å². The highest BCUT2D eigenvalue weighted by atomic mass is 35.5. The second-order valence-electron chi connectivity index (χ2n) is 4.18. The summed E-state index contributed by atoms with van der Waals surface area (Å²) < 4.78 is 13.5. The van der Waals surface area contributed by atoms with Crippen LogP contribution in [0.15, 0.2) is 42.5 Å². The van der Waals surface area contributed by atoms with Gasteiger partial charge in [0.25, 0.3) is 0 Å². The molecule has 0 radical (unpaired) electrons. The number of halogens is 2. The van der Waals surface area contributed by atoms with Crippen molar-refractivity contribution in [2.75, 3.05) is 6.54 Å². The fourth-order valence-corrected chi connectivity index (χ4v) is 2.09. The molecule has 0 unspecified atom stereocenters. The molecule has 0 saturated heterocycles. The van der Waals surface area contributed by atoms with Crippen LogP contribution in [0.1, 0.15) is 12.0 Å². The molecule has 0 fully saturated rings. The van der Waals surface area contributed by atoms with E-state index in [1.165, 1.54) is 11.6 Å². The summed E-state index contributed by atoms with van der Waals surface area (Å²) in [7, 11) is 0. The van der Waals surface area contributed by atoms with Crippen LogP contribution >= 0.6 is 11.6 Å². The summed E-state index contributed by atoms with van der Waals surface area (Å²) in [5.41, 5.74) is 8.61. The summed E-state index contributed by atoms with van der Waals surface area (Å²) in [4.78, 5) is 0. The molecule has 3 heteroatoms. The number of aryl methyl sites for hydroxylation is 1. The lowest BCUT2D eigenvalue weighted by Gasteiger charge is -2.09. The van der Waals surface area contributed by atoms with Gasteiger partial charge in [-0.3, -0.25) is 0 Å². The Labute approximate surface area is 111 Å². The van der Waals surface area contributed by atoms with E-state index < -0.39 is 0 Å². The first-order valence-corrected chi connectivity index (χ1v) is 6.33. The third-order valence-electron chi connectivity index (χ3n) is 2.90. The van der Waals surface area contributed by atoms with Crippen molar-refractivity contribution < 1.29 is 4.39 Å². The smallest absolute Gasteiger partial charge is 0.142 e. The van der Waals surface area contributed by atoms with Crippen LogP contribution in [0.25, 0.3) is 11.1 Å². The quantitative estimate of drug-likeness (QED) is 0.885. The average molecular weight is 264 g/mol. The van der Waals surface area contributed by atoms with E-state index in [4.69, 9.17) is 17.3 Å². The van der Waals surface area contributed by atoms with Crippen molar-refractivity contribution in [1.82, 2.24) is 0 Å². The van der Waals surface area contributed by atoms with Gasteiger partial charge in [0.05, 0.1) is 5.02 Å². The van der Waals surface area contributed by atoms with Crippen LogP contribution < -0.4 is 5.73 Å². The van der Waals surface area contributed by atoms with E-state index in [0.717, 1.165) is 24.0 Å². The van der Waals surface area contributed by atoms with E-state index in [9.17, 15) is 4.39 Å². The average Bonchev–Trinajstić information content (AvgIpc) is 2.40. The van der Waals surface area contributed by atoms with Crippen LogP contribution in [-0.4, -0.2) is 6.54 Å². The van der Waals surface area contributed by atoms with Gasteiger partial charge >= 0.3 is 0 Å². The predicted molar refractivity (Wildman–Crippen MR) is 74.2 cm³/mol. The molecular formula is C15H15ClFN. The highest BCUT2D eigenvalue weighted by molar-refractivity contribution is 6.30. The second kappa shape index (κ2) is 5.98. The van der Waals surface area contributed by atoms with E-state index in [0.29, 0.717) is 6.54 Å². The Kier molecular flexibility index (Phi) is 4.34. The molecule has 0 atom stereocenters. The second-order valence-corrected chi connectivity index (χ2v) is 4.59. The lowest BCUT2D eigenvalue weighted by atomic mass is 9.97. The first-order chi connectivity index (χ1) is 8.72. The van der Waals surface area contributed by atoms with E-state index in [1.807, 2.05) is 24.3 Å². The lowest BCUT2D eigenvalue weighted by molar-refractivity contribution is 0.629. The van der Waals surface area contributed by atoms with Crippen molar-refractivity contribution in [3.8, 4) is 11.1 Å². The molecular weight excluding hydrogens is 249 g/mol. The van der Waals surface area contributed by atoms with Gasteiger partial charge in [-0.1, -0.05) is 41.9 Å². The predicted octanol–water partition coefficient (Wildman–Crippen LogP) is 4.04. The zero-order chi connectivity index (χ0) is 13.0. The molecule has 0 amide bonds. The third-order valence-corrected chi connectivity index (χ3v) is 3.20. The number of rotatable bonds is 4. The van der Waals surface area contributed by atoms with Crippen molar-refractivity contribution in [2.24, 2.45) is 5.73 Å². The van der Waals surface area contributed by atoms with Gasteiger partial charge in [-0.2, -0.15) is 0 Å². The van der Waals surface area contributed by atoms with Gasteiger partial charge < -0.3 is 5.73 Å². The molecule has 0 aliphatic heterocycles. The molecule has 0 aromatic heterocycles. The topological polar surface area (TPSA) is 26.0 Å². The Hall–Kier alpha value is -1.38. The molecule has 18 heavy (non-hydrogen) atoms. The Morgan fingerprint density at radius 3 is 2.61 bits per heavy atom. The maximum absolute atomic E-state index is 13.5. The highest BCUT2D eigenvalue weighted by Gasteiger charge is 2.07. The van der Waals surface area contributed by atoms with Crippen molar-refractivity contribution in [3.63, 3.8) is 0 Å².